The Morgan fingerprint density at radius 1 is 1.00 bits per heavy atom. The van der Waals surface area contributed by atoms with Gasteiger partial charge >= 0.3 is 0 Å². The number of nitrogen functional groups attached to an aromatic ring is 1. The van der Waals surface area contributed by atoms with Gasteiger partial charge in [0.05, 0.1) is 21.7 Å². The van der Waals surface area contributed by atoms with Crippen molar-refractivity contribution in [2.45, 2.75) is 25.2 Å². The van der Waals surface area contributed by atoms with Crippen LogP contribution >= 0.6 is 0 Å². The minimum atomic E-state index is -3.67. The molecule has 1 aromatic heterocycles. The van der Waals surface area contributed by atoms with Crippen LogP contribution in [0, 0.1) is 11.8 Å². The van der Waals surface area contributed by atoms with Crippen LogP contribution in [0.2, 0.25) is 0 Å². The van der Waals surface area contributed by atoms with E-state index in [2.05, 4.69) is 5.32 Å². The number of carbonyl (C=O) groups excluding carboxylic acids is 2. The Kier molecular flexibility index (Phi) is 4.78. The Hall–Kier alpha value is -2.98. The van der Waals surface area contributed by atoms with E-state index in [1.807, 2.05) is 13.8 Å². The fourth-order valence-corrected chi connectivity index (χ4v) is 5.94. The molecular formula is C20H22N4O5S. The lowest BCUT2D eigenvalue weighted by molar-refractivity contribution is 0.0880. The molecule has 9 nitrogen and oxygen atoms in total. The molecule has 2 amide bonds. The first-order valence-electron chi connectivity index (χ1n) is 9.61. The van der Waals surface area contributed by atoms with Crippen LogP contribution in [0.25, 0.3) is 5.69 Å². The number of piperidine rings is 1. The zero-order valence-electron chi connectivity index (χ0n) is 16.6. The molecule has 2 aliphatic rings. The fraction of sp³-hybridized carbons (Fsp3) is 0.350. The largest absolute Gasteiger partial charge is 0.384 e. The van der Waals surface area contributed by atoms with Gasteiger partial charge in [0.2, 0.25) is 10.0 Å². The van der Waals surface area contributed by atoms with Gasteiger partial charge in [-0.3, -0.25) is 24.3 Å². The number of hydrogen-bond donors (Lipinski definition) is 2. The lowest BCUT2D eigenvalue weighted by Crippen LogP contribution is -2.42. The summed E-state index contributed by atoms with van der Waals surface area (Å²) in [4.78, 5) is 36.4. The van der Waals surface area contributed by atoms with E-state index in [4.69, 9.17) is 5.73 Å². The van der Waals surface area contributed by atoms with Gasteiger partial charge in [-0.1, -0.05) is 13.8 Å². The van der Waals surface area contributed by atoms with E-state index < -0.39 is 27.4 Å². The summed E-state index contributed by atoms with van der Waals surface area (Å²) >= 11 is 0. The molecule has 0 bridgehead atoms. The van der Waals surface area contributed by atoms with Gasteiger partial charge in [0.1, 0.15) is 5.82 Å². The number of nitrogens with zero attached hydrogens (tertiary/aromatic N) is 2. The molecule has 158 valence electrons. The topological polar surface area (TPSA) is 132 Å². The molecule has 1 fully saturated rings. The van der Waals surface area contributed by atoms with Crippen LogP contribution in [-0.2, 0) is 10.0 Å². The molecule has 2 aliphatic heterocycles. The fourth-order valence-electron chi connectivity index (χ4n) is 4.26. The van der Waals surface area contributed by atoms with Gasteiger partial charge in [-0.25, -0.2) is 8.42 Å². The number of benzene rings is 1. The number of nitrogens with one attached hydrogen (secondary N) is 1. The van der Waals surface area contributed by atoms with Crippen molar-refractivity contribution in [3.05, 3.63) is 51.8 Å². The van der Waals surface area contributed by atoms with Crippen molar-refractivity contribution < 1.29 is 18.0 Å². The average Bonchev–Trinajstić information content (AvgIpc) is 2.95. The van der Waals surface area contributed by atoms with Crippen LogP contribution in [0.5, 0.6) is 0 Å². The minimum absolute atomic E-state index is 0.0624. The van der Waals surface area contributed by atoms with E-state index in [0.717, 1.165) is 17.1 Å². The number of amides is 2. The third-order valence-electron chi connectivity index (χ3n) is 5.52. The molecule has 1 saturated heterocycles. The Balaban J connectivity index is 1.72. The van der Waals surface area contributed by atoms with Crippen molar-refractivity contribution in [3.8, 4) is 5.69 Å². The number of anilines is 1. The smallest absolute Gasteiger partial charge is 0.262 e. The summed E-state index contributed by atoms with van der Waals surface area (Å²) in [6.07, 6.45) is 0.988. The second-order valence-corrected chi connectivity index (χ2v) is 9.98. The summed E-state index contributed by atoms with van der Waals surface area (Å²) < 4.78 is 28.6. The van der Waals surface area contributed by atoms with Crippen LogP contribution < -0.4 is 16.6 Å². The Morgan fingerprint density at radius 3 is 2.20 bits per heavy atom. The van der Waals surface area contributed by atoms with E-state index in [1.54, 1.807) is 0 Å². The zero-order chi connectivity index (χ0) is 21.8. The molecule has 2 unspecified atom stereocenters. The van der Waals surface area contributed by atoms with Crippen molar-refractivity contribution in [2.75, 3.05) is 18.8 Å². The van der Waals surface area contributed by atoms with Crippen LogP contribution in [-0.4, -0.2) is 42.2 Å². The van der Waals surface area contributed by atoms with E-state index in [-0.39, 0.29) is 33.7 Å². The van der Waals surface area contributed by atoms with Gasteiger partial charge in [-0.2, -0.15) is 4.31 Å². The highest BCUT2D eigenvalue weighted by atomic mass is 32.2. The molecule has 4 rings (SSSR count). The minimum Gasteiger partial charge on any atom is -0.384 e. The monoisotopic (exact) mass is 430 g/mol. The second-order valence-electron chi connectivity index (χ2n) is 8.04. The number of rotatable bonds is 3. The van der Waals surface area contributed by atoms with Crippen molar-refractivity contribution >= 4 is 27.7 Å². The maximum atomic E-state index is 13.0. The first-order valence-corrected chi connectivity index (χ1v) is 11.1. The maximum absolute atomic E-state index is 13.0. The van der Waals surface area contributed by atoms with Crippen LogP contribution in [0.3, 0.4) is 0 Å². The summed E-state index contributed by atoms with van der Waals surface area (Å²) in [5.74, 6) is -0.954. The number of sulfonamides is 1. The predicted molar refractivity (Wildman–Crippen MR) is 110 cm³/mol. The van der Waals surface area contributed by atoms with Gasteiger partial charge in [-0.15, -0.1) is 0 Å². The molecule has 0 spiro atoms. The van der Waals surface area contributed by atoms with Gasteiger partial charge < -0.3 is 5.73 Å². The highest BCUT2D eigenvalue weighted by Gasteiger charge is 2.33. The summed E-state index contributed by atoms with van der Waals surface area (Å²) in [5.41, 5.74) is 5.59. The van der Waals surface area contributed by atoms with E-state index in [9.17, 15) is 22.8 Å². The number of fused-ring (bicyclic) bond motifs is 1. The third kappa shape index (κ3) is 3.21. The molecule has 10 heteroatoms. The molecular weight excluding hydrogens is 408 g/mol. The number of nitrogens with two attached hydrogens (primary N) is 1. The number of carbonyl (C=O) groups is 2. The number of aromatic nitrogens is 1. The Labute approximate surface area is 173 Å². The first-order chi connectivity index (χ1) is 14.1. The van der Waals surface area contributed by atoms with Crippen molar-refractivity contribution in [3.63, 3.8) is 0 Å². The first kappa shape index (κ1) is 20.3. The predicted octanol–water partition coefficient (Wildman–Crippen LogP) is 0.970. The SMILES string of the molecule is CC1CC(C)CN(S(=O)(=O)c2ccc(-n3c(N)c4c(cc3=O)C(=O)NC4=O)cc2)C1. The van der Waals surface area contributed by atoms with Crippen LogP contribution in [0.15, 0.2) is 40.0 Å². The zero-order valence-corrected chi connectivity index (χ0v) is 17.4. The molecule has 2 aromatic rings. The average molecular weight is 430 g/mol. The van der Waals surface area contributed by atoms with Crippen LogP contribution in [0.1, 0.15) is 41.0 Å². The lowest BCUT2D eigenvalue weighted by atomic mass is 9.94. The second kappa shape index (κ2) is 7.06. The quantitative estimate of drug-likeness (QED) is 0.698. The van der Waals surface area contributed by atoms with Gasteiger partial charge in [0, 0.05) is 19.2 Å². The van der Waals surface area contributed by atoms with Crippen molar-refractivity contribution in [1.29, 1.82) is 0 Å². The van der Waals surface area contributed by atoms with Crippen molar-refractivity contribution in [1.82, 2.24) is 14.2 Å². The van der Waals surface area contributed by atoms with E-state index >= 15 is 0 Å². The third-order valence-corrected chi connectivity index (χ3v) is 7.37. The molecule has 3 heterocycles. The molecule has 3 N–H and O–H groups in total. The van der Waals surface area contributed by atoms with Gasteiger partial charge in [-0.05, 0) is 42.5 Å². The summed E-state index contributed by atoms with van der Waals surface area (Å²) in [6.45, 7) is 5.00. The maximum Gasteiger partial charge on any atom is 0.262 e. The Morgan fingerprint density at radius 2 is 1.60 bits per heavy atom. The van der Waals surface area contributed by atoms with Gasteiger partial charge in [0.15, 0.2) is 0 Å². The normalized spacial score (nSPS) is 22.1. The summed E-state index contributed by atoms with van der Waals surface area (Å²) in [7, 11) is -3.67. The molecule has 2 atom stereocenters. The molecule has 30 heavy (non-hydrogen) atoms. The van der Waals surface area contributed by atoms with E-state index in [1.165, 1.54) is 28.6 Å². The molecule has 1 aromatic carbocycles. The molecule has 0 saturated carbocycles. The Bertz CT molecular complexity index is 1210. The highest BCUT2D eigenvalue weighted by Crippen LogP contribution is 2.28. The molecule has 0 aliphatic carbocycles. The number of imide groups is 1. The lowest BCUT2D eigenvalue weighted by Gasteiger charge is -2.34. The highest BCUT2D eigenvalue weighted by molar-refractivity contribution is 7.89. The standard InChI is InChI=1S/C20H22N4O5S/c1-11-7-12(2)10-23(9-11)30(28,29)14-5-3-13(4-6-14)24-16(25)8-15-17(18(24)21)20(27)22-19(15)26/h3-6,8,11-12H,7,9-10,21H2,1-2H3,(H,22,26,27). The van der Waals surface area contributed by atoms with Crippen molar-refractivity contribution in [2.24, 2.45) is 11.8 Å². The molecule has 0 radical (unpaired) electrons. The summed E-state index contributed by atoms with van der Waals surface area (Å²) in [5, 5.41) is 2.11. The number of hydrogen-bond acceptors (Lipinski definition) is 6. The summed E-state index contributed by atoms with van der Waals surface area (Å²) in [6, 6.07) is 6.80. The van der Waals surface area contributed by atoms with Crippen LogP contribution in [0.4, 0.5) is 5.82 Å². The number of pyridine rings is 1. The van der Waals surface area contributed by atoms with E-state index in [0.29, 0.717) is 18.8 Å². The van der Waals surface area contributed by atoms with Gasteiger partial charge in [0.25, 0.3) is 17.4 Å².